The molecular formula is C9H10N6. The van der Waals surface area contributed by atoms with Crippen LogP contribution in [-0.2, 0) is 5.54 Å². The van der Waals surface area contributed by atoms with E-state index in [1.54, 1.807) is 16.9 Å². The van der Waals surface area contributed by atoms with E-state index in [-0.39, 0.29) is 0 Å². The van der Waals surface area contributed by atoms with Crippen molar-refractivity contribution in [2.24, 2.45) is 5.11 Å². The quantitative estimate of drug-likeness (QED) is 0.425. The molecule has 0 spiro atoms. The molecule has 6 heteroatoms. The van der Waals surface area contributed by atoms with Crippen LogP contribution in [0.25, 0.3) is 16.1 Å². The highest BCUT2D eigenvalue weighted by atomic mass is 15.3. The Bertz CT molecular complexity index is 534. The van der Waals surface area contributed by atoms with E-state index in [2.05, 4.69) is 20.1 Å². The summed E-state index contributed by atoms with van der Waals surface area (Å²) in [6.45, 7) is 3.65. The Morgan fingerprint density at radius 1 is 1.53 bits per heavy atom. The first-order valence-corrected chi connectivity index (χ1v) is 4.50. The molecule has 0 aliphatic rings. The number of nitrogens with zero attached hydrogens (tertiary/aromatic N) is 6. The highest BCUT2D eigenvalue weighted by Gasteiger charge is 2.23. The van der Waals surface area contributed by atoms with E-state index in [0.29, 0.717) is 0 Å². The smallest absolute Gasteiger partial charge is 0.153 e. The van der Waals surface area contributed by atoms with E-state index in [9.17, 15) is 0 Å². The van der Waals surface area contributed by atoms with Crippen molar-refractivity contribution in [3.63, 3.8) is 0 Å². The van der Waals surface area contributed by atoms with Gasteiger partial charge in [0.15, 0.2) is 5.65 Å². The summed E-state index contributed by atoms with van der Waals surface area (Å²) < 4.78 is 1.68. The average Bonchev–Trinajstić information content (AvgIpc) is 2.61. The van der Waals surface area contributed by atoms with Crippen LogP contribution in [0.3, 0.4) is 0 Å². The van der Waals surface area contributed by atoms with Crippen LogP contribution < -0.4 is 0 Å². The molecule has 6 nitrogen and oxygen atoms in total. The lowest BCUT2D eigenvalue weighted by Crippen LogP contribution is -2.16. The summed E-state index contributed by atoms with van der Waals surface area (Å²) in [5, 5.41) is 7.89. The van der Waals surface area contributed by atoms with E-state index in [4.69, 9.17) is 5.53 Å². The average molecular weight is 202 g/mol. The maximum absolute atomic E-state index is 8.48. The van der Waals surface area contributed by atoms with Crippen LogP contribution in [-0.4, -0.2) is 14.6 Å². The largest absolute Gasteiger partial charge is 0.235 e. The Morgan fingerprint density at radius 2 is 2.33 bits per heavy atom. The number of azide groups is 1. The molecule has 0 aromatic carbocycles. The van der Waals surface area contributed by atoms with Gasteiger partial charge in [-0.3, -0.25) is 0 Å². The number of fused-ring (bicyclic) bond motifs is 1. The van der Waals surface area contributed by atoms with E-state index in [1.807, 2.05) is 26.0 Å². The first-order valence-electron chi connectivity index (χ1n) is 4.50. The fourth-order valence-electron chi connectivity index (χ4n) is 1.41. The lowest BCUT2D eigenvalue weighted by molar-refractivity contribution is 0.516. The van der Waals surface area contributed by atoms with Crippen LogP contribution in [0.4, 0.5) is 0 Å². The Hall–Kier alpha value is -2.07. The molecule has 0 aliphatic heterocycles. The number of hydrogen-bond donors (Lipinski definition) is 0. The highest BCUT2D eigenvalue weighted by Crippen LogP contribution is 2.24. The maximum atomic E-state index is 8.48. The zero-order chi connectivity index (χ0) is 10.9. The van der Waals surface area contributed by atoms with Crippen LogP contribution >= 0.6 is 0 Å². The van der Waals surface area contributed by atoms with Crippen LogP contribution in [0.2, 0.25) is 0 Å². The summed E-state index contributed by atoms with van der Waals surface area (Å²) >= 11 is 0. The molecule has 0 fully saturated rings. The van der Waals surface area contributed by atoms with Crippen molar-refractivity contribution in [3.8, 4) is 0 Å². The summed E-state index contributed by atoms with van der Waals surface area (Å²) in [5.74, 6) is 0. The molecule has 0 radical (unpaired) electrons. The zero-order valence-corrected chi connectivity index (χ0v) is 8.49. The van der Waals surface area contributed by atoms with Gasteiger partial charge in [-0.25, -0.2) is 9.50 Å². The fraction of sp³-hybridized carbons (Fsp3) is 0.333. The normalized spacial score (nSPS) is 11.3. The Labute approximate surface area is 86.2 Å². The molecule has 0 aliphatic carbocycles. The summed E-state index contributed by atoms with van der Waals surface area (Å²) in [6, 6.07) is 3.66. The van der Waals surface area contributed by atoms with Gasteiger partial charge < -0.3 is 0 Å². The topological polar surface area (TPSA) is 79.0 Å². The third-order valence-electron chi connectivity index (χ3n) is 2.20. The Kier molecular flexibility index (Phi) is 2.06. The molecule has 0 bridgehead atoms. The molecule has 15 heavy (non-hydrogen) atoms. The van der Waals surface area contributed by atoms with Gasteiger partial charge in [0, 0.05) is 11.1 Å². The Balaban J connectivity index is 2.67. The fourth-order valence-corrected chi connectivity index (χ4v) is 1.41. The lowest BCUT2D eigenvalue weighted by atomic mass is 10.0. The molecule has 2 aromatic rings. The SMILES string of the molecule is CC(C)(N=[N+]=[N-])c1cnc2cccnn12. The van der Waals surface area contributed by atoms with Gasteiger partial charge in [-0.1, -0.05) is 5.11 Å². The van der Waals surface area contributed by atoms with Crippen molar-refractivity contribution in [3.05, 3.63) is 40.7 Å². The van der Waals surface area contributed by atoms with Crippen LogP contribution in [0, 0.1) is 0 Å². The molecule has 2 aromatic heterocycles. The van der Waals surface area contributed by atoms with Gasteiger partial charge in [-0.05, 0) is 31.5 Å². The molecule has 2 rings (SSSR count). The first kappa shape index (κ1) is 9.48. The minimum atomic E-state index is -0.650. The van der Waals surface area contributed by atoms with Gasteiger partial charge in [0.2, 0.25) is 0 Å². The van der Waals surface area contributed by atoms with Gasteiger partial charge in [-0.2, -0.15) is 5.10 Å². The third kappa shape index (κ3) is 1.51. The molecule has 0 atom stereocenters. The first-order chi connectivity index (χ1) is 7.15. The van der Waals surface area contributed by atoms with E-state index < -0.39 is 5.54 Å². The van der Waals surface area contributed by atoms with Crippen LogP contribution in [0.15, 0.2) is 29.6 Å². The minimum Gasteiger partial charge on any atom is -0.235 e. The molecule has 0 N–H and O–H groups in total. The minimum absolute atomic E-state index is 0.650. The summed E-state index contributed by atoms with van der Waals surface area (Å²) in [6.07, 6.45) is 3.35. The van der Waals surface area contributed by atoms with Crippen molar-refractivity contribution < 1.29 is 0 Å². The molecule has 0 amide bonds. The second kappa shape index (κ2) is 3.25. The molecule has 0 unspecified atom stereocenters. The van der Waals surface area contributed by atoms with Crippen LogP contribution in [0.1, 0.15) is 19.5 Å². The number of rotatable bonds is 2. The van der Waals surface area contributed by atoms with Crippen molar-refractivity contribution in [2.45, 2.75) is 19.4 Å². The predicted molar refractivity (Wildman–Crippen MR) is 55.2 cm³/mol. The number of hydrogen-bond acceptors (Lipinski definition) is 3. The summed E-state index contributed by atoms with van der Waals surface area (Å²) in [7, 11) is 0. The lowest BCUT2D eigenvalue weighted by Gasteiger charge is -2.15. The van der Waals surface area contributed by atoms with E-state index in [1.165, 1.54) is 0 Å². The molecular weight excluding hydrogens is 192 g/mol. The second-order valence-electron chi connectivity index (χ2n) is 3.69. The molecule has 0 saturated heterocycles. The summed E-state index contributed by atoms with van der Waals surface area (Å²) in [4.78, 5) is 7.01. The number of imidazole rings is 1. The van der Waals surface area contributed by atoms with E-state index in [0.717, 1.165) is 11.3 Å². The van der Waals surface area contributed by atoms with Gasteiger partial charge >= 0.3 is 0 Å². The molecule has 76 valence electrons. The Morgan fingerprint density at radius 3 is 3.07 bits per heavy atom. The van der Waals surface area contributed by atoms with Crippen molar-refractivity contribution in [1.82, 2.24) is 14.6 Å². The van der Waals surface area contributed by atoms with Gasteiger partial charge in [0.1, 0.15) is 0 Å². The van der Waals surface area contributed by atoms with Crippen molar-refractivity contribution in [1.29, 1.82) is 0 Å². The summed E-state index contributed by atoms with van der Waals surface area (Å²) in [5.41, 5.74) is 9.35. The second-order valence-corrected chi connectivity index (χ2v) is 3.69. The standard InChI is InChI=1S/C9H10N6/c1-9(2,13-14-10)7-6-11-8-4-3-5-12-15(7)8/h3-6H,1-2H3. The maximum Gasteiger partial charge on any atom is 0.153 e. The van der Waals surface area contributed by atoms with Gasteiger partial charge in [0.25, 0.3) is 0 Å². The number of aromatic nitrogens is 3. The van der Waals surface area contributed by atoms with Crippen LogP contribution in [0.5, 0.6) is 0 Å². The molecule has 0 saturated carbocycles. The van der Waals surface area contributed by atoms with Crippen molar-refractivity contribution in [2.75, 3.05) is 0 Å². The van der Waals surface area contributed by atoms with Gasteiger partial charge in [0.05, 0.1) is 17.4 Å². The van der Waals surface area contributed by atoms with E-state index >= 15 is 0 Å². The third-order valence-corrected chi connectivity index (χ3v) is 2.20. The molecule has 2 heterocycles. The monoisotopic (exact) mass is 202 g/mol. The highest BCUT2D eigenvalue weighted by molar-refractivity contribution is 5.39. The van der Waals surface area contributed by atoms with Gasteiger partial charge in [-0.15, -0.1) is 0 Å². The predicted octanol–water partition coefficient (Wildman–Crippen LogP) is 2.27. The van der Waals surface area contributed by atoms with Crippen molar-refractivity contribution >= 4 is 5.65 Å². The zero-order valence-electron chi connectivity index (χ0n) is 8.49.